The van der Waals surface area contributed by atoms with E-state index in [0.29, 0.717) is 16.9 Å². The van der Waals surface area contributed by atoms with E-state index in [1.807, 2.05) is 6.92 Å². The second-order valence-corrected chi connectivity index (χ2v) is 3.92. The van der Waals surface area contributed by atoms with Gasteiger partial charge in [0, 0.05) is 10.3 Å². The number of aromatic hydroxyl groups is 1. The van der Waals surface area contributed by atoms with Crippen molar-refractivity contribution in [2.75, 3.05) is 0 Å². The third kappa shape index (κ3) is 1.67. The van der Waals surface area contributed by atoms with Crippen molar-refractivity contribution in [2.24, 2.45) is 0 Å². The summed E-state index contributed by atoms with van der Waals surface area (Å²) in [5.74, 6) is -0.0628. The smallest absolute Gasteiger partial charge is 0.127 e. The van der Waals surface area contributed by atoms with Gasteiger partial charge in [-0.25, -0.2) is 4.39 Å². The number of phenolic OH excluding ortho intramolecular Hbond substituents is 1. The van der Waals surface area contributed by atoms with Crippen LogP contribution in [0.3, 0.4) is 0 Å². The molecule has 0 saturated carbocycles. The first-order valence-corrected chi connectivity index (χ1v) is 5.21. The van der Waals surface area contributed by atoms with Crippen LogP contribution in [0.15, 0.2) is 29.2 Å². The quantitative estimate of drug-likeness (QED) is 0.707. The molecule has 0 aliphatic rings. The van der Waals surface area contributed by atoms with Gasteiger partial charge in [0.05, 0.1) is 0 Å². The minimum atomic E-state index is -0.217. The van der Waals surface area contributed by atoms with Gasteiger partial charge in [-0.05, 0) is 35.6 Å². The highest BCUT2D eigenvalue weighted by Crippen LogP contribution is 2.31. The summed E-state index contributed by atoms with van der Waals surface area (Å²) in [6.07, 6.45) is 0.613. The number of fused-ring (bicyclic) bond motifs is 1. The molecule has 0 heterocycles. The maximum Gasteiger partial charge on any atom is 0.127 e. The average Bonchev–Trinajstić information content (AvgIpc) is 2.18. The molecule has 0 bridgehead atoms. The zero-order valence-electron chi connectivity index (χ0n) is 8.29. The van der Waals surface area contributed by atoms with Gasteiger partial charge in [-0.3, -0.25) is 0 Å². The van der Waals surface area contributed by atoms with E-state index in [1.165, 1.54) is 12.1 Å². The van der Waals surface area contributed by atoms with Crippen molar-refractivity contribution >= 4 is 23.4 Å². The number of benzene rings is 2. The van der Waals surface area contributed by atoms with Crippen LogP contribution in [0.5, 0.6) is 5.75 Å². The Bertz CT molecular complexity index is 523. The highest BCUT2D eigenvalue weighted by molar-refractivity contribution is 7.80. The van der Waals surface area contributed by atoms with Gasteiger partial charge in [-0.2, -0.15) is 0 Å². The second-order valence-electron chi connectivity index (χ2n) is 3.44. The number of aryl methyl sites for hydroxylation is 1. The van der Waals surface area contributed by atoms with Crippen LogP contribution in [0.25, 0.3) is 10.8 Å². The van der Waals surface area contributed by atoms with Crippen molar-refractivity contribution in [3.05, 3.63) is 35.6 Å². The van der Waals surface area contributed by atoms with Crippen LogP contribution in [0.2, 0.25) is 0 Å². The molecular formula is C12H11FOS. The van der Waals surface area contributed by atoms with Gasteiger partial charge in [0.25, 0.3) is 0 Å². The highest BCUT2D eigenvalue weighted by Gasteiger charge is 2.09. The topological polar surface area (TPSA) is 20.2 Å². The van der Waals surface area contributed by atoms with Gasteiger partial charge in [0.15, 0.2) is 0 Å². The Morgan fingerprint density at radius 2 is 2.07 bits per heavy atom. The number of thiol groups is 1. The standard InChI is InChI=1S/C12H11FOS/c1-2-9-10(13)4-3-7-5-8(14)6-11(15)12(7)9/h3-6,14-15H,2H2,1H3. The lowest BCUT2D eigenvalue weighted by molar-refractivity contribution is 0.475. The summed E-state index contributed by atoms with van der Waals surface area (Å²) < 4.78 is 13.5. The van der Waals surface area contributed by atoms with E-state index in [-0.39, 0.29) is 11.6 Å². The molecule has 0 aliphatic heterocycles. The number of rotatable bonds is 1. The number of hydrogen-bond donors (Lipinski definition) is 2. The van der Waals surface area contributed by atoms with E-state index in [0.717, 1.165) is 10.8 Å². The molecule has 2 aromatic rings. The Kier molecular flexibility index (Phi) is 2.57. The first-order valence-electron chi connectivity index (χ1n) is 4.76. The normalized spacial score (nSPS) is 10.9. The van der Waals surface area contributed by atoms with Crippen molar-refractivity contribution < 1.29 is 9.50 Å². The van der Waals surface area contributed by atoms with Gasteiger partial charge in [0.2, 0.25) is 0 Å². The summed E-state index contributed by atoms with van der Waals surface area (Å²) in [5, 5.41) is 11.0. The maximum atomic E-state index is 13.5. The summed E-state index contributed by atoms with van der Waals surface area (Å²) >= 11 is 4.26. The zero-order chi connectivity index (χ0) is 11.0. The molecule has 0 radical (unpaired) electrons. The molecule has 2 rings (SSSR count). The monoisotopic (exact) mass is 222 g/mol. The molecule has 0 aromatic heterocycles. The fourth-order valence-corrected chi connectivity index (χ4v) is 2.22. The lowest BCUT2D eigenvalue weighted by Gasteiger charge is -2.08. The average molecular weight is 222 g/mol. The summed E-state index contributed by atoms with van der Waals surface area (Å²) in [5.41, 5.74) is 0.650. The molecular weight excluding hydrogens is 211 g/mol. The molecule has 0 amide bonds. The van der Waals surface area contributed by atoms with Crippen molar-refractivity contribution in [1.82, 2.24) is 0 Å². The first kappa shape index (κ1) is 10.3. The van der Waals surface area contributed by atoms with Crippen molar-refractivity contribution in [3.63, 3.8) is 0 Å². The van der Waals surface area contributed by atoms with E-state index in [1.54, 1.807) is 12.1 Å². The minimum absolute atomic E-state index is 0.154. The van der Waals surface area contributed by atoms with Crippen LogP contribution in [0.4, 0.5) is 4.39 Å². The molecule has 1 N–H and O–H groups in total. The molecule has 3 heteroatoms. The summed E-state index contributed by atoms with van der Waals surface area (Å²) in [6, 6.07) is 6.23. The number of hydrogen-bond acceptors (Lipinski definition) is 2. The van der Waals surface area contributed by atoms with Crippen LogP contribution in [-0.4, -0.2) is 5.11 Å². The first-order chi connectivity index (χ1) is 7.13. The molecule has 1 nitrogen and oxygen atoms in total. The van der Waals surface area contributed by atoms with Gasteiger partial charge in [-0.1, -0.05) is 13.0 Å². The van der Waals surface area contributed by atoms with Crippen LogP contribution in [0, 0.1) is 5.82 Å². The summed E-state index contributed by atoms with van der Waals surface area (Å²) in [4.78, 5) is 0.612. The van der Waals surface area contributed by atoms with E-state index in [9.17, 15) is 9.50 Å². The van der Waals surface area contributed by atoms with Crippen LogP contribution in [-0.2, 0) is 6.42 Å². The Morgan fingerprint density at radius 3 is 2.73 bits per heavy atom. The Morgan fingerprint density at radius 1 is 1.33 bits per heavy atom. The molecule has 0 saturated heterocycles. The van der Waals surface area contributed by atoms with E-state index in [4.69, 9.17) is 0 Å². The minimum Gasteiger partial charge on any atom is -0.508 e. The highest BCUT2D eigenvalue weighted by atomic mass is 32.1. The lowest BCUT2D eigenvalue weighted by atomic mass is 10.0. The maximum absolute atomic E-state index is 13.5. The molecule has 0 unspecified atom stereocenters. The molecule has 0 spiro atoms. The van der Waals surface area contributed by atoms with E-state index < -0.39 is 0 Å². The van der Waals surface area contributed by atoms with Crippen molar-refractivity contribution in [2.45, 2.75) is 18.2 Å². The molecule has 78 valence electrons. The molecule has 0 atom stereocenters. The van der Waals surface area contributed by atoms with Crippen molar-refractivity contribution in [3.8, 4) is 5.75 Å². The van der Waals surface area contributed by atoms with E-state index >= 15 is 0 Å². The Hall–Kier alpha value is -1.22. The summed E-state index contributed by atoms with van der Waals surface area (Å²) in [6.45, 7) is 1.90. The molecule has 15 heavy (non-hydrogen) atoms. The third-order valence-corrected chi connectivity index (χ3v) is 2.84. The molecule has 0 aliphatic carbocycles. The predicted octanol–water partition coefficient (Wildman–Crippen LogP) is 3.54. The van der Waals surface area contributed by atoms with Crippen molar-refractivity contribution in [1.29, 1.82) is 0 Å². The molecule has 0 fully saturated rings. The largest absolute Gasteiger partial charge is 0.508 e. The molecule has 2 aromatic carbocycles. The third-order valence-electron chi connectivity index (χ3n) is 2.49. The number of halogens is 1. The van der Waals surface area contributed by atoms with Crippen LogP contribution >= 0.6 is 12.6 Å². The number of phenols is 1. The zero-order valence-corrected chi connectivity index (χ0v) is 9.18. The fourth-order valence-electron chi connectivity index (χ4n) is 1.82. The Balaban J connectivity index is 2.91. The Labute approximate surface area is 93.0 Å². The predicted molar refractivity (Wildman–Crippen MR) is 62.2 cm³/mol. The van der Waals surface area contributed by atoms with Gasteiger partial charge >= 0.3 is 0 Å². The second kappa shape index (κ2) is 3.74. The fraction of sp³-hybridized carbons (Fsp3) is 0.167. The van der Waals surface area contributed by atoms with Crippen LogP contribution in [0.1, 0.15) is 12.5 Å². The lowest BCUT2D eigenvalue weighted by Crippen LogP contribution is -1.91. The van der Waals surface area contributed by atoms with E-state index in [2.05, 4.69) is 12.6 Å². The van der Waals surface area contributed by atoms with Gasteiger partial charge in [0.1, 0.15) is 11.6 Å². The van der Waals surface area contributed by atoms with Gasteiger partial charge < -0.3 is 5.11 Å². The van der Waals surface area contributed by atoms with Crippen LogP contribution < -0.4 is 0 Å². The van der Waals surface area contributed by atoms with Gasteiger partial charge in [-0.15, -0.1) is 12.6 Å². The SMILES string of the molecule is CCc1c(F)ccc2cc(O)cc(S)c12. The summed E-state index contributed by atoms with van der Waals surface area (Å²) in [7, 11) is 0.